The van der Waals surface area contributed by atoms with Crippen LogP contribution in [0, 0.1) is 32.2 Å². The molecule has 0 N–H and O–H groups in total. The van der Waals surface area contributed by atoms with Crippen LogP contribution in [0.4, 0.5) is 0 Å². The Kier molecular flexibility index (Phi) is 5.74. The minimum atomic E-state index is -0.439. The molecule has 2 fully saturated rings. The third-order valence-electron chi connectivity index (χ3n) is 8.74. The minimum Gasteiger partial charge on any atom is -0.454 e. The lowest BCUT2D eigenvalue weighted by molar-refractivity contribution is -0.130. The Bertz CT molecular complexity index is 1130. The summed E-state index contributed by atoms with van der Waals surface area (Å²) in [7, 11) is 0. The molecule has 0 aliphatic heterocycles. The molecule has 5 heteroatoms. The Morgan fingerprint density at radius 3 is 2.79 bits per heavy atom. The van der Waals surface area contributed by atoms with Gasteiger partial charge in [0.25, 0.3) is 0 Å². The third-order valence-corrected chi connectivity index (χ3v) is 9.41. The molecule has 0 radical (unpaired) electrons. The number of esters is 1. The first kappa shape index (κ1) is 22.8. The van der Waals surface area contributed by atoms with Crippen molar-refractivity contribution < 1.29 is 19.1 Å². The van der Waals surface area contributed by atoms with E-state index in [2.05, 4.69) is 48.6 Å². The monoisotopic (exact) mass is 556 g/mol. The van der Waals surface area contributed by atoms with E-state index in [1.54, 1.807) is 18.2 Å². The van der Waals surface area contributed by atoms with Gasteiger partial charge in [0.1, 0.15) is 0 Å². The second-order valence-electron chi connectivity index (χ2n) is 10.4. The van der Waals surface area contributed by atoms with E-state index < -0.39 is 5.97 Å². The summed E-state index contributed by atoms with van der Waals surface area (Å²) in [4.78, 5) is 37.6. The first-order chi connectivity index (χ1) is 15.7. The molecule has 4 aliphatic carbocycles. The van der Waals surface area contributed by atoms with Gasteiger partial charge in [0.15, 0.2) is 18.2 Å². The molecule has 0 saturated heterocycles. The highest BCUT2D eigenvalue weighted by molar-refractivity contribution is 14.1. The molecule has 5 rings (SSSR count). The highest BCUT2D eigenvalue weighted by atomic mass is 127. The van der Waals surface area contributed by atoms with E-state index in [0.29, 0.717) is 17.4 Å². The van der Waals surface area contributed by atoms with Crippen molar-refractivity contribution in [3.05, 3.63) is 68.8 Å². The second-order valence-corrected chi connectivity index (χ2v) is 11.7. The number of halogens is 1. The van der Waals surface area contributed by atoms with Crippen molar-refractivity contribution in [2.24, 2.45) is 28.6 Å². The number of carbonyl (C=O) groups excluding carboxylic acids is 3. The molecule has 0 aromatic heterocycles. The topological polar surface area (TPSA) is 60.4 Å². The van der Waals surface area contributed by atoms with Crippen LogP contribution in [-0.2, 0) is 14.3 Å². The van der Waals surface area contributed by atoms with E-state index in [9.17, 15) is 14.4 Å². The zero-order chi connectivity index (χ0) is 23.4. The van der Waals surface area contributed by atoms with Crippen molar-refractivity contribution in [1.29, 1.82) is 0 Å². The van der Waals surface area contributed by atoms with Gasteiger partial charge in [-0.3, -0.25) is 9.59 Å². The molecule has 1 aromatic rings. The third kappa shape index (κ3) is 3.76. The molecular formula is C28H29IO4. The molecule has 0 spiro atoms. The quantitative estimate of drug-likeness (QED) is 0.265. The lowest BCUT2D eigenvalue weighted by Crippen LogP contribution is -2.45. The van der Waals surface area contributed by atoms with Gasteiger partial charge in [-0.15, -0.1) is 0 Å². The Morgan fingerprint density at radius 2 is 2.00 bits per heavy atom. The molecule has 33 heavy (non-hydrogen) atoms. The molecule has 4 aliphatic rings. The number of ketones is 2. The van der Waals surface area contributed by atoms with Crippen LogP contribution in [0.1, 0.15) is 56.3 Å². The van der Waals surface area contributed by atoms with Crippen molar-refractivity contribution in [2.45, 2.75) is 46.0 Å². The van der Waals surface area contributed by atoms with E-state index in [4.69, 9.17) is 4.74 Å². The highest BCUT2D eigenvalue weighted by Gasteiger charge is 2.56. The van der Waals surface area contributed by atoms with E-state index in [1.165, 1.54) is 11.1 Å². The van der Waals surface area contributed by atoms with Crippen LogP contribution >= 0.6 is 22.6 Å². The first-order valence-electron chi connectivity index (χ1n) is 11.8. The summed E-state index contributed by atoms with van der Waals surface area (Å²) < 4.78 is 6.39. The van der Waals surface area contributed by atoms with Crippen molar-refractivity contribution in [2.75, 3.05) is 6.61 Å². The van der Waals surface area contributed by atoms with Crippen molar-refractivity contribution in [1.82, 2.24) is 0 Å². The van der Waals surface area contributed by atoms with Crippen LogP contribution in [0.5, 0.6) is 0 Å². The number of fused-ring (bicyclic) bond motifs is 5. The molecule has 5 atom stereocenters. The molecule has 172 valence electrons. The Labute approximate surface area is 208 Å². The molecule has 0 heterocycles. The second kappa shape index (κ2) is 8.33. The van der Waals surface area contributed by atoms with Crippen molar-refractivity contribution in [3.63, 3.8) is 0 Å². The standard InChI is InChI=1S/C28H29IO4/c1-27-12-10-20(30)15-18(27)6-7-21-22-8-9-24(28(22,2)13-11-23(21)27)25(31)16-33-26(32)17-4-3-5-19(29)14-17/h3-5,10-12,14-15,21-22,24H,6-9,13,16H2,1-2H3/t21-,22-,24+,27-,28-/m0/s1. The van der Waals surface area contributed by atoms with Crippen LogP contribution in [0.2, 0.25) is 0 Å². The summed E-state index contributed by atoms with van der Waals surface area (Å²) in [6.45, 7) is 4.34. The predicted octanol–water partition coefficient (Wildman–Crippen LogP) is 5.86. The van der Waals surface area contributed by atoms with E-state index in [1.807, 2.05) is 18.2 Å². The summed E-state index contributed by atoms with van der Waals surface area (Å²) in [5.41, 5.74) is 2.88. The SMILES string of the molecule is C[C@]12C=CC(=O)C=C1CC[C@@H]1C2=CC[C@]2(C)[C@@H](C(=O)COC(=O)c3cccc(I)c3)CC[C@@H]12. The Morgan fingerprint density at radius 1 is 1.18 bits per heavy atom. The minimum absolute atomic E-state index is 0.0431. The van der Waals surface area contributed by atoms with Gasteiger partial charge in [-0.05, 0) is 109 Å². The molecule has 2 saturated carbocycles. The van der Waals surface area contributed by atoms with Gasteiger partial charge in [0.05, 0.1) is 5.56 Å². The van der Waals surface area contributed by atoms with Gasteiger partial charge < -0.3 is 4.74 Å². The molecule has 0 bridgehead atoms. The number of Topliss-reactive ketones (excluding diaryl/α,β-unsaturated/α-hetero) is 1. The predicted molar refractivity (Wildman–Crippen MR) is 135 cm³/mol. The van der Waals surface area contributed by atoms with Crippen LogP contribution in [0.15, 0.2) is 59.7 Å². The number of allylic oxidation sites excluding steroid dienone is 6. The highest BCUT2D eigenvalue weighted by Crippen LogP contribution is 2.63. The lowest BCUT2D eigenvalue weighted by atomic mass is 9.52. The van der Waals surface area contributed by atoms with Crippen LogP contribution < -0.4 is 0 Å². The number of carbonyl (C=O) groups is 3. The van der Waals surface area contributed by atoms with Crippen molar-refractivity contribution in [3.8, 4) is 0 Å². The summed E-state index contributed by atoms with van der Waals surface area (Å²) in [6.07, 6.45) is 12.7. The van der Waals surface area contributed by atoms with Crippen LogP contribution in [0.25, 0.3) is 0 Å². The average Bonchev–Trinajstić information content (AvgIpc) is 3.15. The number of hydrogen-bond acceptors (Lipinski definition) is 4. The molecule has 4 nitrogen and oxygen atoms in total. The first-order valence-corrected chi connectivity index (χ1v) is 12.9. The fourth-order valence-electron chi connectivity index (χ4n) is 6.99. The Hall–Kier alpha value is -2.02. The molecule has 0 amide bonds. The maximum Gasteiger partial charge on any atom is 0.338 e. The van der Waals surface area contributed by atoms with Gasteiger partial charge in [-0.25, -0.2) is 4.79 Å². The maximum atomic E-state index is 13.2. The fraction of sp³-hybridized carbons (Fsp3) is 0.464. The zero-order valence-corrected chi connectivity index (χ0v) is 21.3. The maximum absolute atomic E-state index is 13.2. The number of benzene rings is 1. The van der Waals surface area contributed by atoms with Gasteiger partial charge >= 0.3 is 5.97 Å². The smallest absolute Gasteiger partial charge is 0.338 e. The lowest BCUT2D eigenvalue weighted by Gasteiger charge is -2.52. The number of hydrogen-bond donors (Lipinski definition) is 0. The molecular weight excluding hydrogens is 527 g/mol. The summed E-state index contributed by atoms with van der Waals surface area (Å²) >= 11 is 2.16. The summed E-state index contributed by atoms with van der Waals surface area (Å²) in [5.74, 6) is 0.496. The van der Waals surface area contributed by atoms with Gasteiger partial charge in [0.2, 0.25) is 0 Å². The van der Waals surface area contributed by atoms with Crippen LogP contribution in [0.3, 0.4) is 0 Å². The average molecular weight is 556 g/mol. The molecule has 0 unspecified atom stereocenters. The molecule has 1 aromatic carbocycles. The number of ether oxygens (including phenoxy) is 1. The van der Waals surface area contributed by atoms with Gasteiger partial charge in [-0.2, -0.15) is 0 Å². The van der Waals surface area contributed by atoms with E-state index >= 15 is 0 Å². The van der Waals surface area contributed by atoms with E-state index in [0.717, 1.165) is 35.7 Å². The van der Waals surface area contributed by atoms with E-state index in [-0.39, 0.29) is 34.9 Å². The van der Waals surface area contributed by atoms with Crippen LogP contribution in [-0.4, -0.2) is 24.1 Å². The largest absolute Gasteiger partial charge is 0.454 e. The van der Waals surface area contributed by atoms with Crippen molar-refractivity contribution >= 4 is 40.1 Å². The summed E-state index contributed by atoms with van der Waals surface area (Å²) in [5, 5.41) is 0. The zero-order valence-electron chi connectivity index (χ0n) is 19.1. The fourth-order valence-corrected chi connectivity index (χ4v) is 7.53. The summed E-state index contributed by atoms with van der Waals surface area (Å²) in [6, 6.07) is 7.22. The number of rotatable bonds is 4. The normalized spacial score (nSPS) is 34.5. The Balaban J connectivity index is 1.32. The van der Waals surface area contributed by atoms with Gasteiger partial charge in [-0.1, -0.05) is 36.3 Å². The van der Waals surface area contributed by atoms with Gasteiger partial charge in [0, 0.05) is 14.9 Å².